The average molecular weight is 210 g/mol. The van der Waals surface area contributed by atoms with Gasteiger partial charge in [-0.2, -0.15) is 0 Å². The molecule has 0 saturated carbocycles. The summed E-state index contributed by atoms with van der Waals surface area (Å²) in [7, 11) is 0. The maximum atomic E-state index is 11.3. The molecule has 0 fully saturated rings. The van der Waals surface area contributed by atoms with E-state index in [0.717, 1.165) is 5.56 Å². The van der Waals surface area contributed by atoms with Gasteiger partial charge < -0.3 is 9.15 Å². The van der Waals surface area contributed by atoms with Gasteiger partial charge in [0.25, 0.3) is 0 Å². The molecule has 1 rings (SSSR count). The van der Waals surface area contributed by atoms with Crippen molar-refractivity contribution in [2.24, 2.45) is 0 Å². The van der Waals surface area contributed by atoms with Crippen molar-refractivity contribution < 1.29 is 18.7 Å². The van der Waals surface area contributed by atoms with Crippen LogP contribution in [-0.2, 0) is 20.7 Å². The standard InChI is InChI=1S/C11H14O4/c1-2-15-11(13)7-10(12)4-3-9-5-6-14-8-9/h5-6,8H,2-4,7H2,1H3. The van der Waals surface area contributed by atoms with Crippen molar-refractivity contribution in [1.29, 1.82) is 0 Å². The van der Waals surface area contributed by atoms with Crippen LogP contribution >= 0.6 is 0 Å². The third-order valence-electron chi connectivity index (χ3n) is 1.92. The Labute approximate surface area is 88.2 Å². The van der Waals surface area contributed by atoms with Gasteiger partial charge in [0.1, 0.15) is 12.2 Å². The summed E-state index contributed by atoms with van der Waals surface area (Å²) < 4.78 is 9.53. The molecule has 1 aromatic heterocycles. The van der Waals surface area contributed by atoms with Crippen LogP contribution in [0.3, 0.4) is 0 Å². The zero-order chi connectivity index (χ0) is 11.1. The van der Waals surface area contributed by atoms with Gasteiger partial charge in [-0.05, 0) is 25.0 Å². The molecule has 0 spiro atoms. The number of furan rings is 1. The number of hydrogen-bond acceptors (Lipinski definition) is 4. The van der Waals surface area contributed by atoms with Gasteiger partial charge in [-0.15, -0.1) is 0 Å². The van der Waals surface area contributed by atoms with Crippen molar-refractivity contribution in [2.75, 3.05) is 6.61 Å². The van der Waals surface area contributed by atoms with Crippen molar-refractivity contribution in [3.8, 4) is 0 Å². The van der Waals surface area contributed by atoms with E-state index in [4.69, 9.17) is 4.42 Å². The van der Waals surface area contributed by atoms with E-state index in [1.54, 1.807) is 25.5 Å². The zero-order valence-corrected chi connectivity index (χ0v) is 8.69. The molecule has 0 unspecified atom stereocenters. The number of esters is 1. The lowest BCUT2D eigenvalue weighted by Gasteiger charge is -2.00. The zero-order valence-electron chi connectivity index (χ0n) is 8.69. The first kappa shape index (κ1) is 11.5. The van der Waals surface area contributed by atoms with Crippen molar-refractivity contribution in [1.82, 2.24) is 0 Å². The Morgan fingerprint density at radius 3 is 2.87 bits per heavy atom. The molecule has 0 aliphatic rings. The molecule has 0 radical (unpaired) electrons. The molecule has 0 N–H and O–H groups in total. The Balaban J connectivity index is 2.22. The Bertz CT molecular complexity index is 313. The van der Waals surface area contributed by atoms with Gasteiger partial charge in [-0.25, -0.2) is 0 Å². The highest BCUT2D eigenvalue weighted by atomic mass is 16.5. The normalized spacial score (nSPS) is 9.93. The summed E-state index contributed by atoms with van der Waals surface area (Å²) in [6, 6.07) is 1.80. The maximum absolute atomic E-state index is 11.3. The lowest BCUT2D eigenvalue weighted by molar-refractivity contribution is -0.145. The quantitative estimate of drug-likeness (QED) is 0.530. The number of hydrogen-bond donors (Lipinski definition) is 0. The summed E-state index contributed by atoms with van der Waals surface area (Å²) >= 11 is 0. The van der Waals surface area contributed by atoms with Crippen molar-refractivity contribution in [3.05, 3.63) is 24.2 Å². The molecule has 15 heavy (non-hydrogen) atoms. The largest absolute Gasteiger partial charge is 0.472 e. The molecule has 0 aromatic carbocycles. The minimum absolute atomic E-state index is 0.102. The molecule has 82 valence electrons. The predicted molar refractivity (Wildman–Crippen MR) is 53.3 cm³/mol. The fourth-order valence-corrected chi connectivity index (χ4v) is 1.18. The Morgan fingerprint density at radius 2 is 2.27 bits per heavy atom. The number of Topliss-reactive ketones (excluding diaryl/α,β-unsaturated/α-hetero) is 1. The van der Waals surface area contributed by atoms with Gasteiger partial charge in [-0.3, -0.25) is 9.59 Å². The summed E-state index contributed by atoms with van der Waals surface area (Å²) in [5, 5.41) is 0. The van der Waals surface area contributed by atoms with Crippen molar-refractivity contribution in [3.63, 3.8) is 0 Å². The molecule has 0 saturated heterocycles. The first-order valence-corrected chi connectivity index (χ1v) is 4.90. The summed E-state index contributed by atoms with van der Waals surface area (Å²) in [6.45, 7) is 2.03. The highest BCUT2D eigenvalue weighted by Gasteiger charge is 2.10. The summed E-state index contributed by atoms with van der Waals surface area (Å²) in [5.74, 6) is -0.552. The lowest BCUT2D eigenvalue weighted by atomic mass is 10.1. The van der Waals surface area contributed by atoms with Crippen molar-refractivity contribution >= 4 is 11.8 Å². The first-order chi connectivity index (χ1) is 7.22. The minimum atomic E-state index is -0.449. The van der Waals surface area contributed by atoms with E-state index >= 15 is 0 Å². The van der Waals surface area contributed by atoms with Crippen LogP contribution in [0.4, 0.5) is 0 Å². The summed E-state index contributed by atoms with van der Waals surface area (Å²) in [4.78, 5) is 22.2. The average Bonchev–Trinajstić information content (AvgIpc) is 2.67. The Kier molecular flexibility index (Phi) is 4.60. The van der Waals surface area contributed by atoms with Crippen LogP contribution in [0.15, 0.2) is 23.0 Å². The molecule has 4 heteroatoms. The van der Waals surface area contributed by atoms with E-state index < -0.39 is 5.97 Å². The molecule has 0 aliphatic heterocycles. The van der Waals surface area contributed by atoms with E-state index in [0.29, 0.717) is 19.4 Å². The number of carbonyl (C=O) groups is 2. The second-order valence-electron chi connectivity index (χ2n) is 3.15. The molecule has 0 aliphatic carbocycles. The van der Waals surface area contributed by atoms with Gasteiger partial charge >= 0.3 is 5.97 Å². The molecule has 0 atom stereocenters. The van der Waals surface area contributed by atoms with Gasteiger partial charge in [-0.1, -0.05) is 0 Å². The number of carbonyl (C=O) groups excluding carboxylic acids is 2. The van der Waals surface area contributed by atoms with Gasteiger partial charge in [0.15, 0.2) is 0 Å². The monoisotopic (exact) mass is 210 g/mol. The van der Waals surface area contributed by atoms with E-state index in [1.165, 1.54) is 0 Å². The fourth-order valence-electron chi connectivity index (χ4n) is 1.18. The summed E-state index contributed by atoms with van der Waals surface area (Å²) in [6.07, 6.45) is 3.97. The second-order valence-corrected chi connectivity index (χ2v) is 3.15. The third-order valence-corrected chi connectivity index (χ3v) is 1.92. The minimum Gasteiger partial charge on any atom is -0.472 e. The van der Waals surface area contributed by atoms with Crippen LogP contribution < -0.4 is 0 Å². The molecule has 0 amide bonds. The highest BCUT2D eigenvalue weighted by molar-refractivity contribution is 5.95. The van der Waals surface area contributed by atoms with E-state index in [-0.39, 0.29) is 12.2 Å². The Morgan fingerprint density at radius 1 is 1.47 bits per heavy atom. The molecule has 0 bridgehead atoms. The fraction of sp³-hybridized carbons (Fsp3) is 0.455. The maximum Gasteiger partial charge on any atom is 0.313 e. The van der Waals surface area contributed by atoms with E-state index in [1.807, 2.05) is 0 Å². The number of aryl methyl sites for hydroxylation is 1. The number of ether oxygens (including phenoxy) is 1. The molecule has 4 nitrogen and oxygen atoms in total. The van der Waals surface area contributed by atoms with Crippen LogP contribution in [0.25, 0.3) is 0 Å². The van der Waals surface area contributed by atoms with Crippen LogP contribution in [-0.4, -0.2) is 18.4 Å². The third kappa shape index (κ3) is 4.44. The molecular formula is C11H14O4. The Hall–Kier alpha value is -1.58. The predicted octanol–water partition coefficient (Wildman–Crippen LogP) is 1.73. The van der Waals surface area contributed by atoms with Gasteiger partial charge in [0.2, 0.25) is 0 Å². The van der Waals surface area contributed by atoms with Crippen LogP contribution in [0, 0.1) is 0 Å². The SMILES string of the molecule is CCOC(=O)CC(=O)CCc1ccoc1. The smallest absolute Gasteiger partial charge is 0.313 e. The van der Waals surface area contributed by atoms with Crippen LogP contribution in [0.1, 0.15) is 25.3 Å². The number of rotatable bonds is 6. The topological polar surface area (TPSA) is 56.5 Å². The van der Waals surface area contributed by atoms with E-state index in [9.17, 15) is 9.59 Å². The number of ketones is 1. The van der Waals surface area contributed by atoms with Crippen LogP contribution in [0.2, 0.25) is 0 Å². The summed E-state index contributed by atoms with van der Waals surface area (Å²) in [5.41, 5.74) is 0.965. The molecule has 1 aromatic rings. The highest BCUT2D eigenvalue weighted by Crippen LogP contribution is 2.05. The van der Waals surface area contributed by atoms with Crippen molar-refractivity contribution in [2.45, 2.75) is 26.2 Å². The van der Waals surface area contributed by atoms with Crippen LogP contribution in [0.5, 0.6) is 0 Å². The van der Waals surface area contributed by atoms with Gasteiger partial charge in [0, 0.05) is 6.42 Å². The first-order valence-electron chi connectivity index (χ1n) is 4.90. The molecule has 1 heterocycles. The lowest BCUT2D eigenvalue weighted by Crippen LogP contribution is -2.11. The van der Waals surface area contributed by atoms with Gasteiger partial charge in [0.05, 0.1) is 19.1 Å². The molecular weight excluding hydrogens is 196 g/mol. The van der Waals surface area contributed by atoms with E-state index in [2.05, 4.69) is 4.74 Å². The second kappa shape index (κ2) is 6.01.